The summed E-state index contributed by atoms with van der Waals surface area (Å²) >= 11 is 0. The van der Waals surface area contributed by atoms with Crippen molar-refractivity contribution in [2.24, 2.45) is 11.3 Å². The number of rotatable bonds is 4. The van der Waals surface area contributed by atoms with Crippen molar-refractivity contribution >= 4 is 17.8 Å². The molecule has 2 unspecified atom stereocenters. The Kier molecular flexibility index (Phi) is 4.49. The van der Waals surface area contributed by atoms with E-state index >= 15 is 0 Å². The number of fused-ring (bicyclic) bond motifs is 1. The van der Waals surface area contributed by atoms with Crippen LogP contribution in [0.1, 0.15) is 63.6 Å². The molecule has 0 radical (unpaired) electrons. The monoisotopic (exact) mass is 358 g/mol. The van der Waals surface area contributed by atoms with Crippen LogP contribution in [0.5, 0.6) is 0 Å². The van der Waals surface area contributed by atoms with Gasteiger partial charge in [0.05, 0.1) is 5.41 Å². The molecule has 3 fully saturated rings. The Labute approximate surface area is 155 Å². The van der Waals surface area contributed by atoms with E-state index in [9.17, 15) is 4.79 Å². The minimum atomic E-state index is 0.0159. The summed E-state index contributed by atoms with van der Waals surface area (Å²) in [5.74, 6) is 2.53. The maximum absolute atomic E-state index is 13.1. The average molecular weight is 358 g/mol. The molecule has 0 aliphatic heterocycles. The molecule has 2 atom stereocenters. The summed E-state index contributed by atoms with van der Waals surface area (Å²) in [6.07, 6.45) is 10.1. The second kappa shape index (κ2) is 6.67. The number of carbonyl (C=O) groups is 1. The van der Waals surface area contributed by atoms with Gasteiger partial charge < -0.3 is 16.0 Å². The fourth-order valence-electron chi connectivity index (χ4n) is 5.14. The van der Waals surface area contributed by atoms with E-state index in [-0.39, 0.29) is 11.4 Å². The maximum atomic E-state index is 13.1. The minimum Gasteiger partial charge on any atom is -0.368 e. The summed E-state index contributed by atoms with van der Waals surface area (Å²) in [7, 11) is 2.02. The lowest BCUT2D eigenvalue weighted by Gasteiger charge is -2.37. The highest BCUT2D eigenvalue weighted by Gasteiger charge is 2.61. The standard InChI is InChI=1S/C19H30N6O/c1-12-21-17(20)24-18(22-12)23-14-6-8-15(9-7-14)25(2)16(26)19-10-4-3-5-13(19)11-19/h13-15H,3-11H2,1-2H3,(H3,20,21,22,23,24). The van der Waals surface area contributed by atoms with Crippen molar-refractivity contribution in [3.05, 3.63) is 5.82 Å². The van der Waals surface area contributed by atoms with Gasteiger partial charge in [0.25, 0.3) is 0 Å². The molecule has 0 spiro atoms. The molecule has 0 aromatic carbocycles. The number of carbonyl (C=O) groups excluding carboxylic acids is 1. The van der Waals surface area contributed by atoms with Gasteiger partial charge >= 0.3 is 0 Å². The van der Waals surface area contributed by atoms with Crippen LogP contribution in [0, 0.1) is 18.3 Å². The van der Waals surface area contributed by atoms with E-state index in [0.717, 1.165) is 38.5 Å². The molecule has 7 nitrogen and oxygen atoms in total. The van der Waals surface area contributed by atoms with E-state index in [1.165, 1.54) is 19.3 Å². The molecule has 26 heavy (non-hydrogen) atoms. The molecule has 3 saturated carbocycles. The quantitative estimate of drug-likeness (QED) is 0.858. The number of nitrogen functional groups attached to an aromatic ring is 1. The molecule has 3 aliphatic rings. The predicted octanol–water partition coefficient (Wildman–Crippen LogP) is 2.52. The van der Waals surface area contributed by atoms with Crippen LogP contribution < -0.4 is 11.1 Å². The topological polar surface area (TPSA) is 97.0 Å². The van der Waals surface area contributed by atoms with Gasteiger partial charge in [0.1, 0.15) is 5.82 Å². The van der Waals surface area contributed by atoms with Crippen molar-refractivity contribution in [2.75, 3.05) is 18.1 Å². The van der Waals surface area contributed by atoms with E-state index in [1.807, 2.05) is 14.0 Å². The third kappa shape index (κ3) is 3.23. The molecule has 3 aliphatic carbocycles. The second-order valence-electron chi connectivity index (χ2n) is 8.43. The van der Waals surface area contributed by atoms with Gasteiger partial charge in [-0.3, -0.25) is 4.79 Å². The SMILES string of the molecule is Cc1nc(N)nc(NC2CCC(N(C)C(=O)C34CCCCC3C4)CC2)n1. The molecule has 3 N–H and O–H groups in total. The second-order valence-corrected chi connectivity index (χ2v) is 8.43. The first kappa shape index (κ1) is 17.5. The molecule has 1 heterocycles. The average Bonchev–Trinajstić information content (AvgIpc) is 3.36. The molecule has 142 valence electrons. The highest BCUT2D eigenvalue weighted by Crippen LogP contribution is 2.62. The summed E-state index contributed by atoms with van der Waals surface area (Å²) < 4.78 is 0. The molecule has 0 saturated heterocycles. The number of anilines is 2. The van der Waals surface area contributed by atoms with Crippen LogP contribution in [-0.2, 0) is 4.79 Å². The Bertz CT molecular complexity index is 666. The van der Waals surface area contributed by atoms with E-state index in [2.05, 4.69) is 25.2 Å². The molecule has 1 aromatic heterocycles. The Balaban J connectivity index is 1.31. The first-order valence-electron chi connectivity index (χ1n) is 10.00. The lowest BCUT2D eigenvalue weighted by Crippen LogP contribution is -2.45. The van der Waals surface area contributed by atoms with Crippen LogP contribution in [0.2, 0.25) is 0 Å². The number of hydrogen-bond acceptors (Lipinski definition) is 6. The zero-order valence-electron chi connectivity index (χ0n) is 15.9. The van der Waals surface area contributed by atoms with Crippen LogP contribution in [0.4, 0.5) is 11.9 Å². The van der Waals surface area contributed by atoms with Crippen molar-refractivity contribution in [1.29, 1.82) is 0 Å². The van der Waals surface area contributed by atoms with Crippen molar-refractivity contribution in [3.8, 4) is 0 Å². The first-order chi connectivity index (χ1) is 12.5. The van der Waals surface area contributed by atoms with E-state index < -0.39 is 0 Å². The normalized spacial score (nSPS) is 33.2. The van der Waals surface area contributed by atoms with Crippen molar-refractivity contribution < 1.29 is 4.79 Å². The zero-order chi connectivity index (χ0) is 18.3. The molecule has 4 rings (SSSR count). The van der Waals surface area contributed by atoms with E-state index in [0.29, 0.717) is 35.7 Å². The summed E-state index contributed by atoms with van der Waals surface area (Å²) in [6, 6.07) is 0.695. The highest BCUT2D eigenvalue weighted by atomic mass is 16.2. The van der Waals surface area contributed by atoms with Gasteiger partial charge in [-0.05, 0) is 57.8 Å². The van der Waals surface area contributed by atoms with Crippen molar-refractivity contribution in [3.63, 3.8) is 0 Å². The third-order valence-electron chi connectivity index (χ3n) is 6.75. The van der Waals surface area contributed by atoms with Crippen LogP contribution in [0.15, 0.2) is 0 Å². The summed E-state index contributed by atoms with van der Waals surface area (Å²) in [5.41, 5.74) is 5.72. The Hall–Kier alpha value is -1.92. The van der Waals surface area contributed by atoms with Crippen molar-refractivity contribution in [2.45, 2.75) is 76.8 Å². The van der Waals surface area contributed by atoms with Crippen LogP contribution >= 0.6 is 0 Å². The molecule has 1 amide bonds. The number of amides is 1. The smallest absolute Gasteiger partial charge is 0.229 e. The fraction of sp³-hybridized carbons (Fsp3) is 0.789. The van der Waals surface area contributed by atoms with Gasteiger partial charge in [0.15, 0.2) is 0 Å². The van der Waals surface area contributed by atoms with Gasteiger partial charge in [0.2, 0.25) is 17.8 Å². The Morgan fingerprint density at radius 3 is 2.62 bits per heavy atom. The number of nitrogens with one attached hydrogen (secondary N) is 1. The van der Waals surface area contributed by atoms with Gasteiger partial charge in [-0.15, -0.1) is 0 Å². The Morgan fingerprint density at radius 1 is 1.15 bits per heavy atom. The number of hydrogen-bond donors (Lipinski definition) is 2. The van der Waals surface area contributed by atoms with Gasteiger partial charge in [0, 0.05) is 19.1 Å². The number of nitrogens with two attached hydrogens (primary N) is 1. The lowest BCUT2D eigenvalue weighted by molar-refractivity contribution is -0.140. The molecule has 7 heteroatoms. The number of aromatic nitrogens is 3. The largest absolute Gasteiger partial charge is 0.368 e. The third-order valence-corrected chi connectivity index (χ3v) is 6.75. The summed E-state index contributed by atoms with van der Waals surface area (Å²) in [4.78, 5) is 27.6. The predicted molar refractivity (Wildman–Crippen MR) is 100 cm³/mol. The van der Waals surface area contributed by atoms with Crippen molar-refractivity contribution in [1.82, 2.24) is 19.9 Å². The van der Waals surface area contributed by atoms with Gasteiger partial charge in [-0.25, -0.2) is 0 Å². The van der Waals surface area contributed by atoms with Crippen LogP contribution in [-0.4, -0.2) is 44.9 Å². The zero-order valence-corrected chi connectivity index (χ0v) is 15.9. The fourth-order valence-corrected chi connectivity index (χ4v) is 5.14. The maximum Gasteiger partial charge on any atom is 0.229 e. The lowest BCUT2D eigenvalue weighted by atomic mass is 9.85. The van der Waals surface area contributed by atoms with Gasteiger partial charge in [-0.1, -0.05) is 12.8 Å². The molecular formula is C19H30N6O. The Morgan fingerprint density at radius 2 is 1.92 bits per heavy atom. The van der Waals surface area contributed by atoms with Gasteiger partial charge in [-0.2, -0.15) is 15.0 Å². The molecular weight excluding hydrogens is 328 g/mol. The number of nitrogens with zero attached hydrogens (tertiary/aromatic N) is 4. The molecule has 1 aromatic rings. The highest BCUT2D eigenvalue weighted by molar-refractivity contribution is 5.86. The minimum absolute atomic E-state index is 0.0159. The molecule has 0 bridgehead atoms. The summed E-state index contributed by atoms with van der Waals surface area (Å²) in [6.45, 7) is 1.82. The van der Waals surface area contributed by atoms with Crippen LogP contribution in [0.25, 0.3) is 0 Å². The first-order valence-corrected chi connectivity index (χ1v) is 10.00. The number of aryl methyl sites for hydroxylation is 1. The summed E-state index contributed by atoms with van der Waals surface area (Å²) in [5, 5.41) is 3.38. The van der Waals surface area contributed by atoms with E-state index in [1.54, 1.807) is 0 Å². The van der Waals surface area contributed by atoms with E-state index in [4.69, 9.17) is 5.73 Å². The van der Waals surface area contributed by atoms with Crippen LogP contribution in [0.3, 0.4) is 0 Å².